The molecule has 0 saturated carbocycles. The van der Waals surface area contributed by atoms with E-state index in [1.54, 1.807) is 30.3 Å². The lowest BCUT2D eigenvalue weighted by molar-refractivity contribution is -0.385. The molecule has 176 valence electrons. The number of nitrogens with one attached hydrogen (secondary N) is 1. The molecule has 1 N–H and O–H groups in total. The van der Waals surface area contributed by atoms with Crippen LogP contribution in [0.2, 0.25) is 0 Å². The molecule has 0 aliphatic carbocycles. The monoisotopic (exact) mass is 637 g/mol. The normalized spacial score (nSPS) is 10.8. The van der Waals surface area contributed by atoms with Crippen LogP contribution in [0.5, 0.6) is 11.5 Å². The minimum absolute atomic E-state index is 0.104. The van der Waals surface area contributed by atoms with E-state index < -0.39 is 10.8 Å². The van der Waals surface area contributed by atoms with Crippen molar-refractivity contribution in [1.29, 1.82) is 0 Å². The molecule has 0 radical (unpaired) electrons. The van der Waals surface area contributed by atoms with Crippen molar-refractivity contribution in [2.45, 2.75) is 20.0 Å². The minimum atomic E-state index is -0.513. The Balaban J connectivity index is 1.67. The van der Waals surface area contributed by atoms with E-state index in [0.29, 0.717) is 40.3 Å². The highest BCUT2D eigenvalue weighted by Crippen LogP contribution is 2.37. The first-order chi connectivity index (χ1) is 16.4. The summed E-state index contributed by atoms with van der Waals surface area (Å²) in [5, 5.41) is 15.1. The molecule has 0 spiro atoms. The molecule has 3 aromatic carbocycles. The number of carbonyl (C=O) groups excluding carboxylic acids is 1. The molecule has 0 aromatic heterocycles. The van der Waals surface area contributed by atoms with Crippen molar-refractivity contribution in [2.24, 2.45) is 5.10 Å². The molecule has 0 bridgehead atoms. The van der Waals surface area contributed by atoms with Gasteiger partial charge in [-0.25, -0.2) is 5.43 Å². The van der Waals surface area contributed by atoms with Gasteiger partial charge in [0.2, 0.25) is 5.91 Å². The Hall–Kier alpha value is -2.99. The van der Waals surface area contributed by atoms with E-state index in [4.69, 9.17) is 9.47 Å². The highest BCUT2D eigenvalue weighted by molar-refractivity contribution is 14.1. The maximum atomic E-state index is 12.2. The third-order valence-electron chi connectivity index (χ3n) is 4.57. The standard InChI is InChI=1S/C24H21BrIN3O5/c1-2-33-22-12-17(11-20(25)24(22)34-15-16-7-9-19(26)10-8-16)14-27-28-23(30)13-18-5-3-4-6-21(18)29(31)32/h3-12,14H,2,13,15H2,1H3,(H,28,30)/b27-14+. The van der Waals surface area contributed by atoms with Crippen molar-refractivity contribution in [3.05, 3.63) is 95.5 Å². The number of nitro benzene ring substituents is 1. The van der Waals surface area contributed by atoms with E-state index in [1.807, 2.05) is 31.2 Å². The molecule has 0 aliphatic heterocycles. The van der Waals surface area contributed by atoms with Gasteiger partial charge in [0, 0.05) is 15.2 Å². The summed E-state index contributed by atoms with van der Waals surface area (Å²) in [7, 11) is 0. The van der Waals surface area contributed by atoms with Gasteiger partial charge >= 0.3 is 0 Å². The third kappa shape index (κ3) is 7.26. The van der Waals surface area contributed by atoms with E-state index in [0.717, 1.165) is 9.13 Å². The number of benzene rings is 3. The first-order valence-corrected chi connectivity index (χ1v) is 12.1. The van der Waals surface area contributed by atoms with Crippen LogP contribution < -0.4 is 14.9 Å². The van der Waals surface area contributed by atoms with Gasteiger partial charge in [0.1, 0.15) is 6.61 Å². The molecule has 0 heterocycles. The van der Waals surface area contributed by atoms with Crippen LogP contribution >= 0.6 is 38.5 Å². The summed E-state index contributed by atoms with van der Waals surface area (Å²) in [5.41, 5.74) is 4.31. The number of hydrogen-bond acceptors (Lipinski definition) is 6. The van der Waals surface area contributed by atoms with Gasteiger partial charge in [-0.2, -0.15) is 5.10 Å². The molecule has 0 atom stereocenters. The second kappa shape index (κ2) is 12.5. The molecule has 8 nitrogen and oxygen atoms in total. The van der Waals surface area contributed by atoms with Crippen molar-refractivity contribution in [2.75, 3.05) is 6.61 Å². The van der Waals surface area contributed by atoms with Crippen LogP contribution in [0.15, 0.2) is 70.2 Å². The Kier molecular flexibility index (Phi) is 9.40. The third-order valence-corrected chi connectivity index (χ3v) is 5.88. The Labute approximate surface area is 218 Å². The average molecular weight is 638 g/mol. The fourth-order valence-electron chi connectivity index (χ4n) is 3.03. The number of carbonyl (C=O) groups is 1. The van der Waals surface area contributed by atoms with E-state index in [2.05, 4.69) is 49.0 Å². The topological polar surface area (TPSA) is 103 Å². The predicted molar refractivity (Wildman–Crippen MR) is 141 cm³/mol. The number of para-hydroxylation sites is 1. The van der Waals surface area contributed by atoms with Crippen molar-refractivity contribution < 1.29 is 19.2 Å². The molecule has 0 unspecified atom stereocenters. The SMILES string of the molecule is CCOc1cc(/C=N/NC(=O)Cc2ccccc2[N+](=O)[O-])cc(Br)c1OCc1ccc(I)cc1. The lowest BCUT2D eigenvalue weighted by atomic mass is 10.1. The summed E-state index contributed by atoms with van der Waals surface area (Å²) < 4.78 is 13.6. The van der Waals surface area contributed by atoms with Gasteiger partial charge in [0.25, 0.3) is 5.69 Å². The molecule has 34 heavy (non-hydrogen) atoms. The van der Waals surface area contributed by atoms with E-state index in [1.165, 1.54) is 12.3 Å². The number of hydrogen-bond donors (Lipinski definition) is 1. The van der Waals surface area contributed by atoms with Crippen molar-refractivity contribution in [3.8, 4) is 11.5 Å². The molecule has 0 saturated heterocycles. The van der Waals surface area contributed by atoms with Gasteiger partial charge in [0.05, 0.1) is 28.6 Å². The molecule has 1 amide bonds. The van der Waals surface area contributed by atoms with Crippen LogP contribution in [0.25, 0.3) is 0 Å². The van der Waals surface area contributed by atoms with Crippen molar-refractivity contribution in [3.63, 3.8) is 0 Å². The highest BCUT2D eigenvalue weighted by Gasteiger charge is 2.15. The maximum Gasteiger partial charge on any atom is 0.273 e. The summed E-state index contributed by atoms with van der Waals surface area (Å²) in [5.74, 6) is 0.639. The van der Waals surface area contributed by atoms with Gasteiger partial charge < -0.3 is 9.47 Å². The van der Waals surface area contributed by atoms with Crippen LogP contribution in [0.4, 0.5) is 5.69 Å². The van der Waals surface area contributed by atoms with Crippen LogP contribution in [-0.4, -0.2) is 23.7 Å². The number of amides is 1. The Morgan fingerprint density at radius 3 is 2.62 bits per heavy atom. The zero-order valence-corrected chi connectivity index (χ0v) is 21.9. The molecule has 10 heteroatoms. The summed E-state index contributed by atoms with van der Waals surface area (Å²) in [6.07, 6.45) is 1.31. The minimum Gasteiger partial charge on any atom is -0.490 e. The smallest absolute Gasteiger partial charge is 0.273 e. The largest absolute Gasteiger partial charge is 0.490 e. The van der Waals surface area contributed by atoms with Crippen LogP contribution in [0, 0.1) is 13.7 Å². The summed E-state index contributed by atoms with van der Waals surface area (Å²) >= 11 is 5.77. The quantitative estimate of drug-likeness (QED) is 0.134. The van der Waals surface area contributed by atoms with Gasteiger partial charge in [-0.3, -0.25) is 14.9 Å². The number of hydrazone groups is 1. The second-order valence-corrected chi connectivity index (χ2v) is 9.13. The Morgan fingerprint density at radius 2 is 1.91 bits per heavy atom. The van der Waals surface area contributed by atoms with Crippen molar-refractivity contribution >= 4 is 56.3 Å². The fraction of sp³-hybridized carbons (Fsp3) is 0.167. The zero-order chi connectivity index (χ0) is 24.5. The molecule has 3 rings (SSSR count). The fourth-order valence-corrected chi connectivity index (χ4v) is 3.97. The summed E-state index contributed by atoms with van der Waals surface area (Å²) in [6, 6.07) is 17.7. The van der Waals surface area contributed by atoms with E-state index in [9.17, 15) is 14.9 Å². The van der Waals surface area contributed by atoms with Gasteiger partial charge in [0.15, 0.2) is 11.5 Å². The molecular weight excluding hydrogens is 617 g/mol. The summed E-state index contributed by atoms with van der Waals surface area (Å²) in [4.78, 5) is 22.8. The summed E-state index contributed by atoms with van der Waals surface area (Å²) in [6.45, 7) is 2.70. The van der Waals surface area contributed by atoms with Gasteiger partial charge in [-0.05, 0) is 80.8 Å². The van der Waals surface area contributed by atoms with E-state index in [-0.39, 0.29) is 12.1 Å². The number of nitrogens with zero attached hydrogens (tertiary/aromatic N) is 2. The van der Waals surface area contributed by atoms with Gasteiger partial charge in [-0.15, -0.1) is 0 Å². The predicted octanol–water partition coefficient (Wildman–Crippen LogP) is 5.63. The molecular formula is C24H21BrIN3O5. The maximum absolute atomic E-state index is 12.2. The van der Waals surface area contributed by atoms with Crippen LogP contribution in [0.1, 0.15) is 23.6 Å². The highest BCUT2D eigenvalue weighted by atomic mass is 127. The molecule has 3 aromatic rings. The lowest BCUT2D eigenvalue weighted by Crippen LogP contribution is -2.20. The van der Waals surface area contributed by atoms with Crippen LogP contribution in [-0.2, 0) is 17.8 Å². The molecule has 0 fully saturated rings. The second-order valence-electron chi connectivity index (χ2n) is 7.03. The number of nitro groups is 1. The number of halogens is 2. The Morgan fingerprint density at radius 1 is 1.18 bits per heavy atom. The zero-order valence-electron chi connectivity index (χ0n) is 18.2. The first kappa shape index (κ1) is 25.6. The Bertz CT molecular complexity index is 1200. The first-order valence-electron chi connectivity index (χ1n) is 10.2. The lowest BCUT2D eigenvalue weighted by Gasteiger charge is -2.14. The van der Waals surface area contributed by atoms with Crippen molar-refractivity contribution in [1.82, 2.24) is 5.43 Å². The average Bonchev–Trinajstić information content (AvgIpc) is 2.80. The van der Waals surface area contributed by atoms with E-state index >= 15 is 0 Å². The molecule has 0 aliphatic rings. The van der Waals surface area contributed by atoms with Gasteiger partial charge in [-0.1, -0.05) is 30.3 Å². The van der Waals surface area contributed by atoms with Crippen LogP contribution in [0.3, 0.4) is 0 Å². The number of ether oxygens (including phenoxy) is 2. The number of rotatable bonds is 10.